The summed E-state index contributed by atoms with van der Waals surface area (Å²) in [5, 5.41) is 2.79. The van der Waals surface area contributed by atoms with Gasteiger partial charge in [0.1, 0.15) is 6.54 Å². The van der Waals surface area contributed by atoms with Crippen molar-refractivity contribution in [2.24, 2.45) is 0 Å². The molecular weight excluding hydrogens is 288 g/mol. The van der Waals surface area contributed by atoms with E-state index < -0.39 is 10.0 Å². The maximum atomic E-state index is 12.0. The molecule has 21 heavy (non-hydrogen) atoms. The van der Waals surface area contributed by atoms with Gasteiger partial charge in [0.2, 0.25) is 15.9 Å². The van der Waals surface area contributed by atoms with Gasteiger partial charge in [0.15, 0.2) is 0 Å². The summed E-state index contributed by atoms with van der Waals surface area (Å²) in [6.45, 7) is 7.42. The first kappa shape index (κ1) is 17.5. The topological polar surface area (TPSA) is 66.5 Å². The molecule has 6 heteroatoms. The van der Waals surface area contributed by atoms with Gasteiger partial charge in [0, 0.05) is 6.04 Å². The van der Waals surface area contributed by atoms with Crippen molar-refractivity contribution in [2.75, 3.05) is 17.1 Å². The van der Waals surface area contributed by atoms with Gasteiger partial charge in [0.05, 0.1) is 11.9 Å². The van der Waals surface area contributed by atoms with Crippen molar-refractivity contribution < 1.29 is 13.2 Å². The molecule has 0 aromatic heterocycles. The predicted octanol–water partition coefficient (Wildman–Crippen LogP) is 1.98. The summed E-state index contributed by atoms with van der Waals surface area (Å²) in [4.78, 5) is 12.0. The van der Waals surface area contributed by atoms with Gasteiger partial charge in [-0.3, -0.25) is 9.10 Å². The van der Waals surface area contributed by atoms with Crippen LogP contribution in [0.1, 0.15) is 31.4 Å². The number of sulfonamides is 1. The van der Waals surface area contributed by atoms with E-state index in [4.69, 9.17) is 0 Å². The molecule has 1 aromatic rings. The number of rotatable bonds is 6. The molecule has 1 atom stereocenters. The fourth-order valence-corrected chi connectivity index (χ4v) is 2.85. The summed E-state index contributed by atoms with van der Waals surface area (Å²) in [7, 11) is -3.52. The molecule has 0 unspecified atom stereocenters. The predicted molar refractivity (Wildman–Crippen MR) is 86.0 cm³/mol. The Hall–Kier alpha value is -1.56. The fourth-order valence-electron chi connectivity index (χ4n) is 1.94. The van der Waals surface area contributed by atoms with E-state index in [0.29, 0.717) is 5.69 Å². The Morgan fingerprint density at radius 2 is 1.95 bits per heavy atom. The van der Waals surface area contributed by atoms with E-state index in [0.717, 1.165) is 28.1 Å². The van der Waals surface area contributed by atoms with Crippen molar-refractivity contribution in [1.29, 1.82) is 0 Å². The third-order valence-corrected chi connectivity index (χ3v) is 4.68. The summed E-state index contributed by atoms with van der Waals surface area (Å²) in [5.41, 5.74) is 2.40. The van der Waals surface area contributed by atoms with Crippen LogP contribution in [-0.4, -0.2) is 33.2 Å². The Balaban J connectivity index is 3.09. The van der Waals surface area contributed by atoms with Gasteiger partial charge in [-0.15, -0.1) is 0 Å². The lowest BCUT2D eigenvalue weighted by atomic mass is 10.1. The number of aryl methyl sites for hydroxylation is 1. The summed E-state index contributed by atoms with van der Waals surface area (Å²) < 4.78 is 25.2. The molecule has 0 spiro atoms. The van der Waals surface area contributed by atoms with Crippen LogP contribution in [0, 0.1) is 13.8 Å². The molecule has 0 heterocycles. The van der Waals surface area contributed by atoms with Crippen LogP contribution in [0.15, 0.2) is 18.2 Å². The maximum absolute atomic E-state index is 12.0. The van der Waals surface area contributed by atoms with E-state index >= 15 is 0 Å². The Bertz CT molecular complexity index is 611. The lowest BCUT2D eigenvalue weighted by Gasteiger charge is -2.25. The molecule has 118 valence electrons. The van der Waals surface area contributed by atoms with Gasteiger partial charge < -0.3 is 5.32 Å². The Kier molecular flexibility index (Phi) is 5.78. The molecule has 0 bridgehead atoms. The average Bonchev–Trinajstić information content (AvgIpc) is 2.38. The second-order valence-electron chi connectivity index (χ2n) is 5.37. The first-order chi connectivity index (χ1) is 9.66. The van der Waals surface area contributed by atoms with Crippen molar-refractivity contribution in [1.82, 2.24) is 5.32 Å². The number of hydrogen-bond acceptors (Lipinski definition) is 3. The fraction of sp³-hybridized carbons (Fsp3) is 0.533. The molecule has 0 aliphatic carbocycles. The van der Waals surface area contributed by atoms with Gasteiger partial charge in [-0.25, -0.2) is 8.42 Å². The van der Waals surface area contributed by atoms with Crippen LogP contribution < -0.4 is 9.62 Å². The van der Waals surface area contributed by atoms with E-state index in [9.17, 15) is 13.2 Å². The molecule has 1 amide bonds. The first-order valence-electron chi connectivity index (χ1n) is 7.00. The van der Waals surface area contributed by atoms with E-state index in [-0.39, 0.29) is 18.5 Å². The Labute approximate surface area is 127 Å². The summed E-state index contributed by atoms with van der Waals surface area (Å²) in [6, 6.07) is 5.46. The van der Waals surface area contributed by atoms with E-state index in [1.54, 1.807) is 12.1 Å². The molecule has 1 aromatic carbocycles. The quantitative estimate of drug-likeness (QED) is 0.873. The minimum Gasteiger partial charge on any atom is -0.352 e. The van der Waals surface area contributed by atoms with Gasteiger partial charge in [-0.1, -0.05) is 19.1 Å². The standard InChI is InChI=1S/C15H24N2O3S/c1-6-12(3)16-15(18)10-17(21(5,19)20)14-9-7-8-11(2)13(14)4/h7-9,12H,6,10H2,1-5H3,(H,16,18)/t12-/m1/s1. The third-order valence-electron chi connectivity index (χ3n) is 3.55. The Morgan fingerprint density at radius 1 is 1.33 bits per heavy atom. The third kappa shape index (κ3) is 4.74. The van der Waals surface area contributed by atoms with Crippen LogP contribution in [0.5, 0.6) is 0 Å². The van der Waals surface area contributed by atoms with Crippen molar-refractivity contribution in [3.8, 4) is 0 Å². The number of nitrogens with one attached hydrogen (secondary N) is 1. The van der Waals surface area contributed by atoms with Crippen LogP contribution in [0.2, 0.25) is 0 Å². The van der Waals surface area contributed by atoms with E-state index in [1.807, 2.05) is 33.8 Å². The largest absolute Gasteiger partial charge is 0.352 e. The lowest BCUT2D eigenvalue weighted by molar-refractivity contribution is -0.120. The number of nitrogens with zero attached hydrogens (tertiary/aromatic N) is 1. The van der Waals surface area contributed by atoms with Crippen LogP contribution in [0.25, 0.3) is 0 Å². The van der Waals surface area contributed by atoms with Crippen LogP contribution in [-0.2, 0) is 14.8 Å². The number of amides is 1. The lowest BCUT2D eigenvalue weighted by Crippen LogP contribution is -2.43. The number of carbonyl (C=O) groups excluding carboxylic acids is 1. The SMILES string of the molecule is CC[C@@H](C)NC(=O)CN(c1cccc(C)c1C)S(C)(=O)=O. The van der Waals surface area contributed by atoms with Gasteiger partial charge >= 0.3 is 0 Å². The zero-order chi connectivity index (χ0) is 16.2. The summed E-state index contributed by atoms with van der Waals surface area (Å²) >= 11 is 0. The molecule has 1 N–H and O–H groups in total. The van der Waals surface area contributed by atoms with E-state index in [2.05, 4.69) is 5.32 Å². The van der Waals surface area contributed by atoms with Crippen molar-refractivity contribution in [2.45, 2.75) is 40.2 Å². The molecule has 0 saturated carbocycles. The summed E-state index contributed by atoms with van der Waals surface area (Å²) in [6.07, 6.45) is 1.92. The van der Waals surface area contributed by atoms with Gasteiger partial charge in [-0.2, -0.15) is 0 Å². The molecule has 5 nitrogen and oxygen atoms in total. The van der Waals surface area contributed by atoms with E-state index in [1.165, 1.54) is 0 Å². The highest BCUT2D eigenvalue weighted by Gasteiger charge is 2.23. The second kappa shape index (κ2) is 6.93. The molecular formula is C15H24N2O3S. The summed E-state index contributed by atoms with van der Waals surface area (Å²) in [5.74, 6) is -0.296. The monoisotopic (exact) mass is 312 g/mol. The number of hydrogen-bond donors (Lipinski definition) is 1. The molecule has 0 radical (unpaired) electrons. The maximum Gasteiger partial charge on any atom is 0.240 e. The zero-order valence-electron chi connectivity index (χ0n) is 13.3. The van der Waals surface area contributed by atoms with Crippen molar-refractivity contribution in [3.05, 3.63) is 29.3 Å². The molecule has 0 saturated heterocycles. The molecule has 1 rings (SSSR count). The molecule has 0 aliphatic rings. The van der Waals surface area contributed by atoms with Crippen molar-refractivity contribution >= 4 is 21.6 Å². The highest BCUT2D eigenvalue weighted by Crippen LogP contribution is 2.24. The smallest absolute Gasteiger partial charge is 0.240 e. The normalized spacial score (nSPS) is 12.8. The van der Waals surface area contributed by atoms with Gasteiger partial charge in [-0.05, 0) is 44.4 Å². The number of benzene rings is 1. The van der Waals surface area contributed by atoms with Crippen molar-refractivity contribution in [3.63, 3.8) is 0 Å². The number of anilines is 1. The minimum absolute atomic E-state index is 0.0255. The zero-order valence-corrected chi connectivity index (χ0v) is 14.1. The first-order valence-corrected chi connectivity index (χ1v) is 8.85. The minimum atomic E-state index is -3.52. The molecule has 0 aliphatic heterocycles. The van der Waals surface area contributed by atoms with Gasteiger partial charge in [0.25, 0.3) is 0 Å². The number of carbonyl (C=O) groups is 1. The average molecular weight is 312 g/mol. The molecule has 0 fully saturated rings. The highest BCUT2D eigenvalue weighted by atomic mass is 32.2. The Morgan fingerprint density at radius 3 is 2.48 bits per heavy atom. The van der Waals surface area contributed by atoms with Crippen LogP contribution in [0.4, 0.5) is 5.69 Å². The van der Waals surface area contributed by atoms with Crippen LogP contribution >= 0.6 is 0 Å². The van der Waals surface area contributed by atoms with Crippen LogP contribution in [0.3, 0.4) is 0 Å². The second-order valence-corrected chi connectivity index (χ2v) is 7.27. The highest BCUT2D eigenvalue weighted by molar-refractivity contribution is 7.92.